The van der Waals surface area contributed by atoms with Gasteiger partial charge in [0, 0.05) is 23.3 Å². The van der Waals surface area contributed by atoms with Crippen molar-refractivity contribution in [1.29, 1.82) is 5.26 Å². The molecule has 1 aliphatic rings. The molecule has 6 heteroatoms. The van der Waals surface area contributed by atoms with Gasteiger partial charge in [-0.3, -0.25) is 9.59 Å². The molecule has 0 unspecified atom stereocenters. The lowest BCUT2D eigenvalue weighted by Crippen LogP contribution is -2.57. The minimum Gasteiger partial charge on any atom is -0.325 e. The van der Waals surface area contributed by atoms with E-state index in [1.807, 2.05) is 19.1 Å². The molecule has 25 heavy (non-hydrogen) atoms. The molecule has 5 nitrogen and oxygen atoms in total. The van der Waals surface area contributed by atoms with Gasteiger partial charge < -0.3 is 9.80 Å². The first kappa shape index (κ1) is 17.0. The number of halogens is 1. The Morgan fingerprint density at radius 1 is 1.24 bits per heavy atom. The first-order valence-electron chi connectivity index (χ1n) is 7.87. The average molecular weight is 354 g/mol. The molecule has 2 aromatic carbocycles. The minimum atomic E-state index is -0.302. The number of amides is 2. The Hall–Kier alpha value is -2.84. The molecular weight excluding hydrogens is 338 g/mol. The van der Waals surface area contributed by atoms with Crippen molar-refractivity contribution in [3.05, 3.63) is 64.7 Å². The Balaban J connectivity index is 1.84. The van der Waals surface area contributed by atoms with E-state index in [-0.39, 0.29) is 24.4 Å². The Labute approximate surface area is 151 Å². The summed E-state index contributed by atoms with van der Waals surface area (Å²) in [6.07, 6.45) is 0. The molecule has 126 valence electrons. The van der Waals surface area contributed by atoms with Crippen LogP contribution in [0, 0.1) is 11.3 Å². The maximum Gasteiger partial charge on any atom is 0.255 e. The lowest BCUT2D eigenvalue weighted by Gasteiger charge is -2.39. The van der Waals surface area contributed by atoms with Gasteiger partial charge in [-0.25, -0.2) is 0 Å². The van der Waals surface area contributed by atoms with Gasteiger partial charge in [0.2, 0.25) is 5.91 Å². The van der Waals surface area contributed by atoms with Gasteiger partial charge >= 0.3 is 0 Å². The van der Waals surface area contributed by atoms with E-state index in [4.69, 9.17) is 11.6 Å². The number of carbonyl (C=O) groups is 2. The Bertz CT molecular complexity index is 875. The zero-order valence-corrected chi connectivity index (χ0v) is 14.4. The predicted octanol–water partition coefficient (Wildman–Crippen LogP) is 3.09. The number of hydrogen-bond acceptors (Lipinski definition) is 3. The summed E-state index contributed by atoms with van der Waals surface area (Å²) in [6.45, 7) is 2.22. The fraction of sp³-hybridized carbons (Fsp3) is 0.211. The Morgan fingerprint density at radius 2 is 2.00 bits per heavy atom. The zero-order valence-electron chi connectivity index (χ0n) is 13.6. The molecule has 1 fully saturated rings. The molecule has 0 spiro atoms. The lowest BCUT2D eigenvalue weighted by atomic mass is 10.0. The summed E-state index contributed by atoms with van der Waals surface area (Å²) >= 11 is 6.01. The molecule has 0 radical (unpaired) electrons. The van der Waals surface area contributed by atoms with Crippen LogP contribution < -0.4 is 4.90 Å². The second kappa shape index (κ2) is 6.96. The number of benzene rings is 2. The van der Waals surface area contributed by atoms with E-state index in [0.29, 0.717) is 28.4 Å². The van der Waals surface area contributed by atoms with Crippen LogP contribution in [0.4, 0.5) is 5.69 Å². The Kier molecular flexibility index (Phi) is 4.73. The fourth-order valence-electron chi connectivity index (χ4n) is 2.94. The lowest BCUT2D eigenvalue weighted by molar-refractivity contribution is -0.121. The molecule has 1 saturated heterocycles. The van der Waals surface area contributed by atoms with Gasteiger partial charge in [0.05, 0.1) is 17.2 Å². The fourth-order valence-corrected chi connectivity index (χ4v) is 3.12. The molecule has 2 aromatic rings. The number of nitriles is 1. The van der Waals surface area contributed by atoms with E-state index in [0.717, 1.165) is 0 Å². The third-order valence-corrected chi connectivity index (χ3v) is 4.48. The second-order valence-corrected chi connectivity index (χ2v) is 6.36. The van der Waals surface area contributed by atoms with Crippen LogP contribution in [0.3, 0.4) is 0 Å². The molecule has 0 bridgehead atoms. The van der Waals surface area contributed by atoms with Crippen LogP contribution in [0.5, 0.6) is 0 Å². The summed E-state index contributed by atoms with van der Waals surface area (Å²) in [5.41, 5.74) is 1.35. The highest BCUT2D eigenvalue weighted by atomic mass is 35.5. The van der Waals surface area contributed by atoms with Gasteiger partial charge in [-0.2, -0.15) is 5.26 Å². The predicted molar refractivity (Wildman–Crippen MR) is 95.5 cm³/mol. The third-order valence-electron chi connectivity index (χ3n) is 4.24. The first-order chi connectivity index (χ1) is 12.0. The van der Waals surface area contributed by atoms with Crippen LogP contribution in [0.2, 0.25) is 5.02 Å². The smallest absolute Gasteiger partial charge is 0.255 e. The van der Waals surface area contributed by atoms with Gasteiger partial charge in [-0.15, -0.1) is 0 Å². The third kappa shape index (κ3) is 3.35. The number of nitrogens with zero attached hydrogens (tertiary/aromatic N) is 3. The van der Waals surface area contributed by atoms with Crippen molar-refractivity contribution >= 4 is 29.1 Å². The van der Waals surface area contributed by atoms with Crippen LogP contribution >= 0.6 is 11.6 Å². The summed E-state index contributed by atoms with van der Waals surface area (Å²) in [5.74, 6) is -0.480. The van der Waals surface area contributed by atoms with E-state index in [9.17, 15) is 14.9 Å². The highest BCUT2D eigenvalue weighted by Crippen LogP contribution is 2.24. The van der Waals surface area contributed by atoms with Crippen LogP contribution in [0.1, 0.15) is 22.8 Å². The molecular formula is C19H16ClN3O2. The standard InChI is InChI=1S/C19H16ClN3O2/c1-13-11-23(16-7-4-6-15(20)9-16)18(24)12-22(13)19(25)17-8-3-2-5-14(17)10-21/h2-9,13H,11-12H2,1H3/t13-/m1/s1. The number of hydrogen-bond donors (Lipinski definition) is 0. The van der Waals surface area contributed by atoms with Gasteiger partial charge in [-0.1, -0.05) is 29.8 Å². The van der Waals surface area contributed by atoms with E-state index >= 15 is 0 Å². The van der Waals surface area contributed by atoms with Crippen molar-refractivity contribution in [3.8, 4) is 6.07 Å². The number of anilines is 1. The highest BCUT2D eigenvalue weighted by molar-refractivity contribution is 6.30. The van der Waals surface area contributed by atoms with Gasteiger partial charge in [0.25, 0.3) is 5.91 Å². The van der Waals surface area contributed by atoms with Crippen LogP contribution in [-0.4, -0.2) is 35.8 Å². The van der Waals surface area contributed by atoms with Crippen LogP contribution in [0.25, 0.3) is 0 Å². The monoisotopic (exact) mass is 353 g/mol. The van der Waals surface area contributed by atoms with Crippen molar-refractivity contribution < 1.29 is 9.59 Å². The summed E-state index contributed by atoms with van der Waals surface area (Å²) in [5, 5.41) is 9.75. The summed E-state index contributed by atoms with van der Waals surface area (Å²) in [7, 11) is 0. The van der Waals surface area contributed by atoms with E-state index in [1.54, 1.807) is 47.4 Å². The largest absolute Gasteiger partial charge is 0.325 e. The van der Waals surface area contributed by atoms with Crippen molar-refractivity contribution in [1.82, 2.24) is 4.90 Å². The molecule has 0 N–H and O–H groups in total. The van der Waals surface area contributed by atoms with Crippen LogP contribution in [0.15, 0.2) is 48.5 Å². The molecule has 1 heterocycles. The van der Waals surface area contributed by atoms with E-state index < -0.39 is 0 Å². The maximum absolute atomic E-state index is 12.8. The molecule has 0 aromatic heterocycles. The topological polar surface area (TPSA) is 64.4 Å². The van der Waals surface area contributed by atoms with Crippen molar-refractivity contribution in [3.63, 3.8) is 0 Å². The molecule has 0 aliphatic carbocycles. The molecule has 0 saturated carbocycles. The number of carbonyl (C=O) groups excluding carboxylic acids is 2. The van der Waals surface area contributed by atoms with E-state index in [2.05, 4.69) is 0 Å². The molecule has 2 amide bonds. The summed E-state index contributed by atoms with van der Waals surface area (Å²) in [6, 6.07) is 15.6. The normalized spacial score (nSPS) is 17.3. The number of rotatable bonds is 2. The van der Waals surface area contributed by atoms with Gasteiger partial charge in [-0.05, 0) is 37.3 Å². The zero-order chi connectivity index (χ0) is 18.0. The summed E-state index contributed by atoms with van der Waals surface area (Å²) in [4.78, 5) is 28.5. The molecule has 3 rings (SSSR count). The second-order valence-electron chi connectivity index (χ2n) is 5.92. The molecule has 1 aliphatic heterocycles. The number of piperazine rings is 1. The highest BCUT2D eigenvalue weighted by Gasteiger charge is 2.34. The van der Waals surface area contributed by atoms with Crippen molar-refractivity contribution in [2.75, 3.05) is 18.0 Å². The first-order valence-corrected chi connectivity index (χ1v) is 8.25. The average Bonchev–Trinajstić information content (AvgIpc) is 2.62. The van der Waals surface area contributed by atoms with Crippen LogP contribution in [-0.2, 0) is 4.79 Å². The molecule has 1 atom stereocenters. The van der Waals surface area contributed by atoms with Gasteiger partial charge in [0.1, 0.15) is 6.54 Å². The summed E-state index contributed by atoms with van der Waals surface area (Å²) < 4.78 is 0. The van der Waals surface area contributed by atoms with E-state index in [1.165, 1.54) is 4.90 Å². The SMILES string of the molecule is C[C@@H]1CN(c2cccc(Cl)c2)C(=O)CN1C(=O)c1ccccc1C#N. The van der Waals surface area contributed by atoms with Gasteiger partial charge in [0.15, 0.2) is 0 Å². The quantitative estimate of drug-likeness (QED) is 0.833. The maximum atomic E-state index is 12.8. The van der Waals surface area contributed by atoms with Crippen molar-refractivity contribution in [2.45, 2.75) is 13.0 Å². The van der Waals surface area contributed by atoms with Crippen molar-refractivity contribution in [2.24, 2.45) is 0 Å². The minimum absolute atomic E-state index is 0.0354. The Morgan fingerprint density at radius 3 is 2.72 bits per heavy atom.